The summed E-state index contributed by atoms with van der Waals surface area (Å²) in [5, 5.41) is 1.88. The van der Waals surface area contributed by atoms with E-state index in [2.05, 4.69) is 27.7 Å². The molecule has 2 aromatic heterocycles. The number of aryl methyl sites for hydroxylation is 1. The van der Waals surface area contributed by atoms with Crippen molar-refractivity contribution in [3.05, 3.63) is 50.6 Å². The Morgan fingerprint density at radius 3 is 2.68 bits per heavy atom. The van der Waals surface area contributed by atoms with E-state index in [1.54, 1.807) is 23.1 Å². The number of thiophene rings is 1. The number of fused-ring (bicyclic) bond motifs is 3. The van der Waals surface area contributed by atoms with E-state index in [4.69, 9.17) is 9.72 Å². The number of nitrogens with zero attached hydrogens (tertiary/aromatic N) is 2. The Morgan fingerprint density at radius 2 is 2.00 bits per heavy atom. The predicted molar refractivity (Wildman–Crippen MR) is 118 cm³/mol. The molecule has 6 heteroatoms. The molecule has 0 bridgehead atoms. The molecular weight excluding hydrogens is 388 g/mol. The molecule has 0 fully saturated rings. The third kappa shape index (κ3) is 3.42. The van der Waals surface area contributed by atoms with Gasteiger partial charge in [0.05, 0.1) is 23.8 Å². The van der Waals surface area contributed by atoms with E-state index in [0.717, 1.165) is 43.5 Å². The standard InChI is InChI=1S/C22H26N2O2S2/c1-12(2)17-10-15-18(11-26-17)28-20-19(15)21(25)24(22(23-20)27-13(3)4)16-9-7-6-8-14(16)5/h6-9,12-13,17H,10-11H2,1-5H3. The lowest BCUT2D eigenvalue weighted by molar-refractivity contribution is 0.00200. The van der Waals surface area contributed by atoms with Gasteiger partial charge in [-0.05, 0) is 30.0 Å². The second-order valence-electron chi connectivity index (χ2n) is 7.97. The number of ether oxygens (including phenoxy) is 1. The summed E-state index contributed by atoms with van der Waals surface area (Å²) in [4.78, 5) is 20.7. The Hall–Kier alpha value is -1.63. The number of benzene rings is 1. The first-order chi connectivity index (χ1) is 13.4. The van der Waals surface area contributed by atoms with Crippen molar-refractivity contribution in [1.29, 1.82) is 0 Å². The maximum atomic E-state index is 13.8. The largest absolute Gasteiger partial charge is 0.372 e. The third-order valence-corrected chi connectivity index (χ3v) is 7.21. The topological polar surface area (TPSA) is 44.1 Å². The SMILES string of the molecule is Cc1ccccc1-n1c(SC(C)C)nc2sc3c(c2c1=O)CC(C(C)C)OC3. The molecule has 0 aliphatic carbocycles. The monoisotopic (exact) mass is 414 g/mol. The normalized spacial score (nSPS) is 16.9. The van der Waals surface area contributed by atoms with Gasteiger partial charge in [-0.3, -0.25) is 9.36 Å². The van der Waals surface area contributed by atoms with E-state index in [9.17, 15) is 4.79 Å². The van der Waals surface area contributed by atoms with Gasteiger partial charge < -0.3 is 4.74 Å². The summed E-state index contributed by atoms with van der Waals surface area (Å²) in [5.41, 5.74) is 3.18. The molecule has 0 radical (unpaired) electrons. The van der Waals surface area contributed by atoms with E-state index in [-0.39, 0.29) is 11.7 Å². The van der Waals surface area contributed by atoms with Crippen molar-refractivity contribution >= 4 is 33.3 Å². The number of hydrogen-bond acceptors (Lipinski definition) is 5. The van der Waals surface area contributed by atoms with Crippen molar-refractivity contribution in [1.82, 2.24) is 9.55 Å². The highest BCUT2D eigenvalue weighted by atomic mass is 32.2. The number of para-hydroxylation sites is 1. The van der Waals surface area contributed by atoms with Crippen molar-refractivity contribution in [2.75, 3.05) is 0 Å². The van der Waals surface area contributed by atoms with Gasteiger partial charge in [-0.15, -0.1) is 11.3 Å². The van der Waals surface area contributed by atoms with Gasteiger partial charge in [-0.1, -0.05) is 57.7 Å². The first-order valence-electron chi connectivity index (χ1n) is 9.78. The summed E-state index contributed by atoms with van der Waals surface area (Å²) in [6.07, 6.45) is 0.940. The van der Waals surface area contributed by atoms with Gasteiger partial charge in [0.15, 0.2) is 5.16 Å². The van der Waals surface area contributed by atoms with E-state index in [0.29, 0.717) is 17.8 Å². The summed E-state index contributed by atoms with van der Waals surface area (Å²) in [5.74, 6) is 0.422. The van der Waals surface area contributed by atoms with Crippen LogP contribution in [0.3, 0.4) is 0 Å². The molecule has 0 saturated carbocycles. The van der Waals surface area contributed by atoms with Crippen molar-refractivity contribution < 1.29 is 4.74 Å². The zero-order valence-corrected chi connectivity index (χ0v) is 18.6. The fourth-order valence-corrected chi connectivity index (χ4v) is 5.68. The fraction of sp³-hybridized carbons (Fsp3) is 0.455. The van der Waals surface area contributed by atoms with E-state index in [1.807, 2.05) is 35.8 Å². The molecule has 148 valence electrons. The molecule has 1 aliphatic rings. The number of thioether (sulfide) groups is 1. The number of rotatable bonds is 4. The van der Waals surface area contributed by atoms with Crippen molar-refractivity contribution in [3.8, 4) is 5.69 Å². The summed E-state index contributed by atoms with van der Waals surface area (Å²) in [6, 6.07) is 8.03. The van der Waals surface area contributed by atoms with Crippen LogP contribution >= 0.6 is 23.1 Å². The van der Waals surface area contributed by atoms with Crippen molar-refractivity contribution in [2.45, 2.75) is 64.2 Å². The minimum absolute atomic E-state index is 0.0457. The molecule has 0 spiro atoms. The fourth-order valence-electron chi connectivity index (χ4n) is 3.65. The molecule has 1 unspecified atom stereocenters. The molecule has 0 N–H and O–H groups in total. The van der Waals surface area contributed by atoms with Crippen LogP contribution in [0.2, 0.25) is 0 Å². The van der Waals surface area contributed by atoms with E-state index in [1.165, 1.54) is 0 Å². The van der Waals surface area contributed by atoms with Gasteiger partial charge in [0.1, 0.15) is 4.83 Å². The van der Waals surface area contributed by atoms with Gasteiger partial charge in [-0.25, -0.2) is 4.98 Å². The van der Waals surface area contributed by atoms with Crippen molar-refractivity contribution in [3.63, 3.8) is 0 Å². The van der Waals surface area contributed by atoms with Crippen LogP contribution in [-0.4, -0.2) is 20.9 Å². The zero-order chi connectivity index (χ0) is 20.0. The summed E-state index contributed by atoms with van der Waals surface area (Å²) in [6.45, 7) is 11.2. The first-order valence-corrected chi connectivity index (χ1v) is 11.5. The van der Waals surface area contributed by atoms with Crippen LogP contribution in [0, 0.1) is 12.8 Å². The van der Waals surface area contributed by atoms with Gasteiger partial charge in [0.2, 0.25) is 0 Å². The van der Waals surface area contributed by atoms with Gasteiger partial charge in [0, 0.05) is 16.5 Å². The molecule has 4 nitrogen and oxygen atoms in total. The molecule has 0 saturated heterocycles. The number of aromatic nitrogens is 2. The highest BCUT2D eigenvalue weighted by molar-refractivity contribution is 7.99. The average molecular weight is 415 g/mol. The molecule has 1 atom stereocenters. The Morgan fingerprint density at radius 1 is 1.25 bits per heavy atom. The smallest absolute Gasteiger partial charge is 0.267 e. The lowest BCUT2D eigenvalue weighted by atomic mass is 9.96. The predicted octanol–water partition coefficient (Wildman–Crippen LogP) is 5.35. The second kappa shape index (κ2) is 7.65. The zero-order valence-electron chi connectivity index (χ0n) is 17.0. The van der Waals surface area contributed by atoms with Crippen LogP contribution in [0.1, 0.15) is 43.7 Å². The lowest BCUT2D eigenvalue weighted by Gasteiger charge is -2.26. The van der Waals surface area contributed by atoms with Crippen LogP contribution in [0.15, 0.2) is 34.2 Å². The van der Waals surface area contributed by atoms with Gasteiger partial charge >= 0.3 is 0 Å². The molecule has 1 aromatic carbocycles. The average Bonchev–Trinajstić information content (AvgIpc) is 3.00. The highest BCUT2D eigenvalue weighted by Crippen LogP contribution is 2.36. The summed E-state index contributed by atoms with van der Waals surface area (Å²) >= 11 is 3.25. The second-order valence-corrected chi connectivity index (χ2v) is 10.6. The molecule has 3 heterocycles. The number of hydrogen-bond donors (Lipinski definition) is 0. The Labute approximate surface area is 174 Å². The van der Waals surface area contributed by atoms with Crippen LogP contribution < -0.4 is 5.56 Å². The van der Waals surface area contributed by atoms with Crippen LogP contribution in [0.4, 0.5) is 0 Å². The van der Waals surface area contributed by atoms with Crippen molar-refractivity contribution in [2.24, 2.45) is 5.92 Å². The first kappa shape index (κ1) is 19.7. The van der Waals surface area contributed by atoms with Crippen LogP contribution in [0.25, 0.3) is 15.9 Å². The van der Waals surface area contributed by atoms with E-state index < -0.39 is 0 Å². The Kier molecular flexibility index (Phi) is 5.38. The van der Waals surface area contributed by atoms with E-state index >= 15 is 0 Å². The molecule has 0 amide bonds. The molecule has 4 rings (SSSR count). The minimum Gasteiger partial charge on any atom is -0.372 e. The Bertz CT molecular complexity index is 1080. The summed E-state index contributed by atoms with van der Waals surface area (Å²) < 4.78 is 7.85. The quantitative estimate of drug-likeness (QED) is 0.426. The summed E-state index contributed by atoms with van der Waals surface area (Å²) in [7, 11) is 0. The van der Waals surface area contributed by atoms with Gasteiger partial charge in [-0.2, -0.15) is 0 Å². The maximum absolute atomic E-state index is 13.8. The maximum Gasteiger partial charge on any atom is 0.267 e. The minimum atomic E-state index is 0.0457. The molecular formula is C22H26N2O2S2. The molecule has 28 heavy (non-hydrogen) atoms. The molecule has 3 aromatic rings. The van der Waals surface area contributed by atoms with Crippen LogP contribution in [-0.2, 0) is 17.8 Å². The Balaban J connectivity index is 1.99. The molecule has 1 aliphatic heterocycles. The highest BCUT2D eigenvalue weighted by Gasteiger charge is 2.29. The lowest BCUT2D eigenvalue weighted by Crippen LogP contribution is -2.28. The van der Waals surface area contributed by atoms with Gasteiger partial charge in [0.25, 0.3) is 5.56 Å². The third-order valence-electron chi connectivity index (χ3n) is 5.15. The van der Waals surface area contributed by atoms with Crippen LogP contribution in [0.5, 0.6) is 0 Å².